The lowest BCUT2D eigenvalue weighted by Crippen LogP contribution is -2.33. The van der Waals surface area contributed by atoms with Crippen molar-refractivity contribution >= 4 is 11.6 Å². The highest BCUT2D eigenvalue weighted by Crippen LogP contribution is 2.25. The van der Waals surface area contributed by atoms with Crippen LogP contribution in [-0.2, 0) is 0 Å². The molecule has 1 aromatic carbocycles. The lowest BCUT2D eigenvalue weighted by atomic mass is 9.99. The molecule has 0 saturated carbocycles. The second-order valence-electron chi connectivity index (χ2n) is 5.72. The third-order valence-electron chi connectivity index (χ3n) is 4.11. The molecule has 2 heterocycles. The van der Waals surface area contributed by atoms with Crippen LogP contribution in [0.4, 0.5) is 11.6 Å². The molecule has 110 valence electrons. The summed E-state index contributed by atoms with van der Waals surface area (Å²) < 4.78 is 0. The summed E-state index contributed by atoms with van der Waals surface area (Å²) in [6.45, 7) is 4.48. The van der Waals surface area contributed by atoms with Gasteiger partial charge in [0, 0.05) is 31.8 Å². The van der Waals surface area contributed by atoms with Gasteiger partial charge in [-0.15, -0.1) is 0 Å². The largest absolute Gasteiger partial charge is 0.373 e. The molecule has 2 aromatic rings. The summed E-state index contributed by atoms with van der Waals surface area (Å²) >= 11 is 0. The Kier molecular flexibility index (Phi) is 4.04. The molecular weight excluding hydrogens is 260 g/mol. The van der Waals surface area contributed by atoms with Crippen molar-refractivity contribution in [1.82, 2.24) is 9.97 Å². The van der Waals surface area contributed by atoms with Crippen molar-refractivity contribution < 1.29 is 0 Å². The number of benzene rings is 1. The van der Waals surface area contributed by atoms with Gasteiger partial charge in [-0.3, -0.25) is 0 Å². The predicted molar refractivity (Wildman–Crippen MR) is 87.6 cm³/mol. The van der Waals surface area contributed by atoms with Gasteiger partial charge >= 0.3 is 0 Å². The average molecular weight is 282 g/mol. The molecule has 1 aromatic heterocycles. The first-order valence-electron chi connectivity index (χ1n) is 7.63. The molecule has 0 spiro atoms. The molecule has 0 aliphatic carbocycles. The third-order valence-corrected chi connectivity index (χ3v) is 4.11. The third kappa shape index (κ3) is 3.15. The summed E-state index contributed by atoms with van der Waals surface area (Å²) in [5.41, 5.74) is 1.06. The maximum Gasteiger partial charge on any atom is 0.163 e. The SMILES string of the molecule is CNc1cc(N2CCC(C)CC2)nc(-c2ccccc2)n1. The summed E-state index contributed by atoms with van der Waals surface area (Å²) in [4.78, 5) is 11.7. The van der Waals surface area contributed by atoms with Crippen LogP contribution >= 0.6 is 0 Å². The minimum atomic E-state index is 0.788. The Morgan fingerprint density at radius 3 is 2.48 bits per heavy atom. The summed E-state index contributed by atoms with van der Waals surface area (Å²) in [5, 5.41) is 3.15. The summed E-state index contributed by atoms with van der Waals surface area (Å²) in [6, 6.07) is 12.2. The molecule has 0 bridgehead atoms. The van der Waals surface area contributed by atoms with Crippen molar-refractivity contribution in [2.24, 2.45) is 5.92 Å². The van der Waals surface area contributed by atoms with E-state index in [1.165, 1.54) is 12.8 Å². The van der Waals surface area contributed by atoms with E-state index in [9.17, 15) is 0 Å². The Morgan fingerprint density at radius 1 is 1.10 bits per heavy atom. The lowest BCUT2D eigenvalue weighted by Gasteiger charge is -2.31. The van der Waals surface area contributed by atoms with E-state index in [1.54, 1.807) is 0 Å². The van der Waals surface area contributed by atoms with Gasteiger partial charge in [-0.25, -0.2) is 9.97 Å². The Labute approximate surface area is 126 Å². The zero-order chi connectivity index (χ0) is 14.7. The molecule has 1 saturated heterocycles. The molecule has 3 rings (SSSR count). The first-order chi connectivity index (χ1) is 10.3. The topological polar surface area (TPSA) is 41.0 Å². The average Bonchev–Trinajstić information content (AvgIpc) is 2.56. The minimum Gasteiger partial charge on any atom is -0.373 e. The van der Waals surface area contributed by atoms with E-state index >= 15 is 0 Å². The second-order valence-corrected chi connectivity index (χ2v) is 5.72. The molecule has 1 fully saturated rings. The molecule has 1 aliphatic heterocycles. The van der Waals surface area contributed by atoms with Crippen LogP contribution in [0, 0.1) is 5.92 Å². The van der Waals surface area contributed by atoms with Crippen molar-refractivity contribution in [1.29, 1.82) is 0 Å². The van der Waals surface area contributed by atoms with Crippen LogP contribution in [0.5, 0.6) is 0 Å². The maximum absolute atomic E-state index is 4.78. The number of nitrogens with one attached hydrogen (secondary N) is 1. The molecule has 0 amide bonds. The van der Waals surface area contributed by atoms with Gasteiger partial charge in [0.1, 0.15) is 11.6 Å². The van der Waals surface area contributed by atoms with Gasteiger partial charge < -0.3 is 10.2 Å². The van der Waals surface area contributed by atoms with E-state index < -0.39 is 0 Å². The number of anilines is 2. The van der Waals surface area contributed by atoms with Gasteiger partial charge in [0.05, 0.1) is 0 Å². The van der Waals surface area contributed by atoms with E-state index in [1.807, 2.05) is 31.3 Å². The lowest BCUT2D eigenvalue weighted by molar-refractivity contribution is 0.436. The fourth-order valence-corrected chi connectivity index (χ4v) is 2.68. The minimum absolute atomic E-state index is 0.788. The Bertz CT molecular complexity index is 589. The normalized spacial score (nSPS) is 16.0. The highest BCUT2D eigenvalue weighted by molar-refractivity contribution is 5.61. The number of rotatable bonds is 3. The molecule has 4 heteroatoms. The van der Waals surface area contributed by atoms with Crippen molar-refractivity contribution in [3.63, 3.8) is 0 Å². The zero-order valence-corrected chi connectivity index (χ0v) is 12.7. The zero-order valence-electron chi connectivity index (χ0n) is 12.7. The van der Waals surface area contributed by atoms with Crippen LogP contribution in [0.1, 0.15) is 19.8 Å². The Morgan fingerprint density at radius 2 is 1.81 bits per heavy atom. The number of aromatic nitrogens is 2. The van der Waals surface area contributed by atoms with Crippen LogP contribution in [0.2, 0.25) is 0 Å². The monoisotopic (exact) mass is 282 g/mol. The highest BCUT2D eigenvalue weighted by atomic mass is 15.2. The van der Waals surface area contributed by atoms with Gasteiger partial charge in [0.15, 0.2) is 5.82 Å². The van der Waals surface area contributed by atoms with Crippen LogP contribution in [-0.4, -0.2) is 30.1 Å². The molecule has 1 aliphatic rings. The van der Waals surface area contributed by atoms with Crippen LogP contribution in [0.3, 0.4) is 0 Å². The highest BCUT2D eigenvalue weighted by Gasteiger charge is 2.18. The second kappa shape index (κ2) is 6.12. The fourth-order valence-electron chi connectivity index (χ4n) is 2.68. The van der Waals surface area contributed by atoms with E-state index in [2.05, 4.69) is 34.3 Å². The van der Waals surface area contributed by atoms with Gasteiger partial charge in [-0.05, 0) is 18.8 Å². The van der Waals surface area contributed by atoms with Crippen LogP contribution in [0.25, 0.3) is 11.4 Å². The standard InChI is InChI=1S/C17H22N4/c1-13-8-10-21(11-9-13)16-12-15(18-2)19-17(20-16)14-6-4-3-5-7-14/h3-7,12-13H,8-11H2,1-2H3,(H,18,19,20). The van der Waals surface area contributed by atoms with E-state index in [0.717, 1.165) is 42.0 Å². The van der Waals surface area contributed by atoms with E-state index in [-0.39, 0.29) is 0 Å². The van der Waals surface area contributed by atoms with Crippen molar-refractivity contribution in [2.75, 3.05) is 30.4 Å². The molecular formula is C17H22N4. The van der Waals surface area contributed by atoms with Crippen molar-refractivity contribution in [2.45, 2.75) is 19.8 Å². The fraction of sp³-hybridized carbons (Fsp3) is 0.412. The van der Waals surface area contributed by atoms with E-state index in [0.29, 0.717) is 0 Å². The summed E-state index contributed by atoms with van der Waals surface area (Å²) in [6.07, 6.45) is 2.47. The summed E-state index contributed by atoms with van der Waals surface area (Å²) in [7, 11) is 1.90. The van der Waals surface area contributed by atoms with Gasteiger partial charge in [-0.2, -0.15) is 0 Å². The predicted octanol–water partition coefficient (Wildman–Crippen LogP) is 3.42. The van der Waals surface area contributed by atoms with Crippen molar-refractivity contribution in [3.8, 4) is 11.4 Å². The summed E-state index contributed by atoms with van der Waals surface area (Å²) in [5.74, 6) is 3.51. The van der Waals surface area contributed by atoms with E-state index in [4.69, 9.17) is 4.98 Å². The molecule has 0 atom stereocenters. The molecule has 4 nitrogen and oxygen atoms in total. The maximum atomic E-state index is 4.78. The van der Waals surface area contributed by atoms with Crippen molar-refractivity contribution in [3.05, 3.63) is 36.4 Å². The smallest absolute Gasteiger partial charge is 0.163 e. The van der Waals surface area contributed by atoms with Crippen LogP contribution in [0.15, 0.2) is 36.4 Å². The quantitative estimate of drug-likeness (QED) is 0.936. The van der Waals surface area contributed by atoms with Gasteiger partial charge in [-0.1, -0.05) is 37.3 Å². The number of hydrogen-bond donors (Lipinski definition) is 1. The number of nitrogens with zero attached hydrogens (tertiary/aromatic N) is 3. The van der Waals surface area contributed by atoms with Gasteiger partial charge in [0.25, 0.3) is 0 Å². The first-order valence-corrected chi connectivity index (χ1v) is 7.63. The Hall–Kier alpha value is -2.10. The molecule has 21 heavy (non-hydrogen) atoms. The first kappa shape index (κ1) is 13.9. The Balaban J connectivity index is 1.94. The molecule has 1 N–H and O–H groups in total. The molecule has 0 unspecified atom stereocenters. The molecule has 0 radical (unpaired) electrons. The van der Waals surface area contributed by atoms with Gasteiger partial charge in [0.2, 0.25) is 0 Å². The number of hydrogen-bond acceptors (Lipinski definition) is 4. The van der Waals surface area contributed by atoms with Crippen LogP contribution < -0.4 is 10.2 Å². The number of piperidine rings is 1.